The molecule has 0 amide bonds. The number of unbranched alkanes of at least 4 members (excludes halogenated alkanes) is 2. The molecule has 0 rings (SSSR count). The van der Waals surface area contributed by atoms with E-state index >= 15 is 0 Å². The maximum atomic E-state index is 2.38. The molecule has 0 atom stereocenters. The molecule has 0 aromatic rings. The van der Waals surface area contributed by atoms with Crippen LogP contribution in [0.25, 0.3) is 0 Å². The highest BCUT2D eigenvalue weighted by Crippen LogP contribution is 1.98. The molecule has 1 heteroatoms. The van der Waals surface area contributed by atoms with Gasteiger partial charge in [-0.25, -0.2) is 0 Å². The lowest BCUT2D eigenvalue weighted by molar-refractivity contribution is 0.769. The Morgan fingerprint density at radius 1 is 1.33 bits per heavy atom. The van der Waals surface area contributed by atoms with Crippen LogP contribution >= 0.6 is 0 Å². The highest BCUT2D eigenvalue weighted by molar-refractivity contribution is 6.41. The predicted octanol–water partition coefficient (Wildman–Crippen LogP) is 2.30. The van der Waals surface area contributed by atoms with Crippen molar-refractivity contribution in [2.45, 2.75) is 39.2 Å². The number of rotatable bonds is 5. The van der Waals surface area contributed by atoms with Crippen LogP contribution in [0.3, 0.4) is 0 Å². The lowest BCUT2D eigenvalue weighted by atomic mass is 10.3. The Balaban J connectivity index is 2.75. The topological polar surface area (TPSA) is 0 Å². The van der Waals surface area contributed by atoms with Crippen molar-refractivity contribution in [1.29, 1.82) is 0 Å². The molecule has 9 heavy (non-hydrogen) atoms. The Morgan fingerprint density at radius 3 is 2.67 bits per heavy atom. The van der Waals surface area contributed by atoms with Crippen molar-refractivity contribution < 1.29 is 0 Å². The third kappa shape index (κ3) is 7.96. The normalized spacial score (nSPS) is 12.2. The van der Waals surface area contributed by atoms with Gasteiger partial charge in [0, 0.05) is 9.52 Å². The summed E-state index contributed by atoms with van der Waals surface area (Å²) in [6.07, 6.45) is 6.46. The Bertz CT molecular complexity index is 67.0. The van der Waals surface area contributed by atoms with E-state index in [4.69, 9.17) is 0 Å². The fourth-order valence-electron chi connectivity index (χ4n) is 0.856. The van der Waals surface area contributed by atoms with Gasteiger partial charge in [0.05, 0.1) is 0 Å². The van der Waals surface area contributed by atoms with Crippen molar-refractivity contribution in [1.82, 2.24) is 0 Å². The van der Waals surface area contributed by atoms with E-state index in [1.165, 1.54) is 25.3 Å². The Morgan fingerprint density at radius 2 is 2.11 bits per heavy atom. The van der Waals surface area contributed by atoms with Crippen molar-refractivity contribution in [2.24, 2.45) is 0 Å². The van der Waals surface area contributed by atoms with Gasteiger partial charge >= 0.3 is 0 Å². The molecule has 0 N–H and O–H groups in total. The van der Waals surface area contributed by atoms with Gasteiger partial charge in [-0.2, -0.15) is 0 Å². The van der Waals surface area contributed by atoms with Crippen LogP contribution in [-0.2, 0) is 0 Å². The molecule has 0 spiro atoms. The van der Waals surface area contributed by atoms with Crippen LogP contribution in [0.2, 0.25) is 6.04 Å². The molecule has 0 aromatic heterocycles. The van der Waals surface area contributed by atoms with Gasteiger partial charge < -0.3 is 0 Å². The molecule has 0 saturated carbocycles. The summed E-state index contributed by atoms with van der Waals surface area (Å²) in [5.74, 6) is 0. The van der Waals surface area contributed by atoms with E-state index in [2.05, 4.69) is 25.6 Å². The van der Waals surface area contributed by atoms with E-state index < -0.39 is 0 Å². The van der Waals surface area contributed by atoms with Gasteiger partial charge in [-0.3, -0.25) is 0 Å². The minimum atomic E-state index is 0.210. The third-order valence-electron chi connectivity index (χ3n) is 1.46. The van der Waals surface area contributed by atoms with Gasteiger partial charge in [0.15, 0.2) is 0 Å². The fraction of sp³-hybridized carbons (Fsp3) is 0.750. The molecule has 0 bridgehead atoms. The predicted molar refractivity (Wildman–Crippen MR) is 47.7 cm³/mol. The number of allylic oxidation sites excluding steroid dienone is 1. The maximum absolute atomic E-state index is 2.38. The van der Waals surface area contributed by atoms with Gasteiger partial charge in [0.2, 0.25) is 0 Å². The summed E-state index contributed by atoms with van der Waals surface area (Å²) >= 11 is 0. The Hall–Kier alpha value is -0.0431. The van der Waals surface area contributed by atoms with E-state index in [0.717, 1.165) is 0 Å². The average Bonchev–Trinajstić information content (AvgIpc) is 1.89. The van der Waals surface area contributed by atoms with E-state index in [0.29, 0.717) is 0 Å². The molecule has 0 fully saturated rings. The summed E-state index contributed by atoms with van der Waals surface area (Å²) in [6, 6.07) is 1.51. The summed E-state index contributed by atoms with van der Waals surface area (Å²) in [5.41, 5.74) is 2.38. The van der Waals surface area contributed by atoms with Crippen molar-refractivity contribution in [2.75, 3.05) is 0 Å². The van der Waals surface area contributed by atoms with Crippen molar-refractivity contribution >= 4 is 9.52 Å². The summed E-state index contributed by atoms with van der Waals surface area (Å²) in [5, 5.41) is 0. The standard InChI is InChI=1S/C8H18Si/c1-3-5-6-8-9-7-4-2/h4,7H,3,5-6,8-9H2,1-2H3. The van der Waals surface area contributed by atoms with Gasteiger partial charge in [0.25, 0.3) is 0 Å². The highest BCUT2D eigenvalue weighted by atomic mass is 28.2. The second-order valence-electron chi connectivity index (χ2n) is 2.42. The van der Waals surface area contributed by atoms with E-state index in [1.54, 1.807) is 0 Å². The minimum Gasteiger partial charge on any atom is -0.106 e. The molecule has 0 aliphatic rings. The first-order chi connectivity index (χ1) is 4.41. The highest BCUT2D eigenvalue weighted by Gasteiger charge is 1.83. The maximum Gasteiger partial charge on any atom is 0.0449 e. The second-order valence-corrected chi connectivity index (χ2v) is 4.17. The average molecular weight is 142 g/mol. The van der Waals surface area contributed by atoms with Crippen LogP contribution in [0.1, 0.15) is 33.1 Å². The van der Waals surface area contributed by atoms with Gasteiger partial charge in [-0.05, 0) is 6.92 Å². The van der Waals surface area contributed by atoms with Crippen molar-refractivity contribution in [3.63, 3.8) is 0 Å². The molecule has 54 valence electrons. The second kappa shape index (κ2) is 7.96. The third-order valence-corrected chi connectivity index (χ3v) is 3.17. The molecule has 0 aromatic carbocycles. The van der Waals surface area contributed by atoms with Crippen molar-refractivity contribution in [3.05, 3.63) is 11.8 Å². The van der Waals surface area contributed by atoms with Crippen LogP contribution in [0.15, 0.2) is 11.8 Å². The first-order valence-electron chi connectivity index (χ1n) is 4.03. The first-order valence-corrected chi connectivity index (χ1v) is 5.84. The number of hydrogen-bond donors (Lipinski definition) is 0. The van der Waals surface area contributed by atoms with Crippen LogP contribution in [0, 0.1) is 0 Å². The van der Waals surface area contributed by atoms with Gasteiger partial charge in [-0.15, -0.1) is 5.70 Å². The summed E-state index contributed by atoms with van der Waals surface area (Å²) < 4.78 is 0. The van der Waals surface area contributed by atoms with Gasteiger partial charge in [-0.1, -0.05) is 38.3 Å². The first kappa shape index (κ1) is 8.96. The molecule has 0 radical (unpaired) electrons. The largest absolute Gasteiger partial charge is 0.106 e. The molecule has 0 aliphatic heterocycles. The quantitative estimate of drug-likeness (QED) is 0.408. The summed E-state index contributed by atoms with van der Waals surface area (Å²) in [6.45, 7) is 4.38. The Labute approximate surface area is 61.2 Å². The SMILES string of the molecule is CC=C[SiH2]CCCCC. The van der Waals surface area contributed by atoms with Gasteiger partial charge in [0.1, 0.15) is 0 Å². The zero-order valence-electron chi connectivity index (χ0n) is 6.69. The minimum absolute atomic E-state index is 0.210. The van der Waals surface area contributed by atoms with Crippen LogP contribution in [0.5, 0.6) is 0 Å². The monoisotopic (exact) mass is 142 g/mol. The molecular formula is C8H18Si. The molecule has 0 saturated heterocycles. The zero-order chi connectivity index (χ0) is 6.95. The van der Waals surface area contributed by atoms with E-state index in [-0.39, 0.29) is 9.52 Å². The lowest BCUT2D eigenvalue weighted by Crippen LogP contribution is -1.82. The molecular weight excluding hydrogens is 124 g/mol. The van der Waals surface area contributed by atoms with Crippen LogP contribution < -0.4 is 0 Å². The van der Waals surface area contributed by atoms with E-state index in [9.17, 15) is 0 Å². The zero-order valence-corrected chi connectivity index (χ0v) is 8.10. The lowest BCUT2D eigenvalue weighted by Gasteiger charge is -1.91. The Kier molecular flexibility index (Phi) is 7.92. The number of hydrogen-bond acceptors (Lipinski definition) is 0. The summed E-state index contributed by atoms with van der Waals surface area (Å²) in [7, 11) is 0.210. The molecule has 0 heterocycles. The smallest absolute Gasteiger partial charge is 0.0449 e. The fourth-order valence-corrected chi connectivity index (χ4v) is 2.07. The molecule has 0 nitrogen and oxygen atoms in total. The summed E-state index contributed by atoms with van der Waals surface area (Å²) in [4.78, 5) is 0. The molecule has 0 unspecified atom stereocenters. The van der Waals surface area contributed by atoms with E-state index in [1.807, 2.05) is 0 Å². The van der Waals surface area contributed by atoms with Crippen molar-refractivity contribution in [3.8, 4) is 0 Å². The van der Waals surface area contributed by atoms with Crippen LogP contribution in [0.4, 0.5) is 0 Å². The van der Waals surface area contributed by atoms with Crippen LogP contribution in [-0.4, -0.2) is 9.52 Å². The molecule has 0 aliphatic carbocycles.